The molecule has 1 amide bonds. The van der Waals surface area contributed by atoms with Gasteiger partial charge in [-0.15, -0.1) is 11.8 Å². The van der Waals surface area contributed by atoms with E-state index in [2.05, 4.69) is 32.4 Å². The molecule has 0 aromatic carbocycles. The molecular formula is C20H20N4O2S. The van der Waals surface area contributed by atoms with E-state index in [1.165, 1.54) is 5.57 Å². The molecule has 2 aliphatic heterocycles. The molecule has 2 aromatic heterocycles. The number of aromatic nitrogens is 3. The Labute approximate surface area is 162 Å². The van der Waals surface area contributed by atoms with Crippen molar-refractivity contribution in [1.29, 1.82) is 0 Å². The topological polar surface area (TPSA) is 77.0 Å². The van der Waals surface area contributed by atoms with E-state index in [1.54, 1.807) is 42.6 Å². The SMILES string of the molecule is O=C(CC1=CC(C2=CCOCC2)CS1)Nc1ccc(-c2cnccn2)cn1. The second-order valence-electron chi connectivity index (χ2n) is 6.40. The van der Waals surface area contributed by atoms with Crippen LogP contribution in [0.4, 0.5) is 5.82 Å². The number of allylic oxidation sites excluding steroid dienone is 1. The predicted octanol–water partition coefficient (Wildman–Crippen LogP) is 3.46. The molecule has 4 heterocycles. The zero-order valence-corrected chi connectivity index (χ0v) is 15.6. The molecule has 138 valence electrons. The third-order valence-corrected chi connectivity index (χ3v) is 5.71. The molecule has 27 heavy (non-hydrogen) atoms. The first-order chi connectivity index (χ1) is 13.3. The van der Waals surface area contributed by atoms with Crippen LogP contribution < -0.4 is 5.32 Å². The van der Waals surface area contributed by atoms with Crippen molar-refractivity contribution in [3.8, 4) is 11.3 Å². The number of rotatable bonds is 5. The fourth-order valence-corrected chi connectivity index (χ4v) is 4.33. The first-order valence-corrected chi connectivity index (χ1v) is 9.89. The summed E-state index contributed by atoms with van der Waals surface area (Å²) in [5.74, 6) is 1.94. The highest BCUT2D eigenvalue weighted by molar-refractivity contribution is 8.03. The summed E-state index contributed by atoms with van der Waals surface area (Å²) in [5.41, 5.74) is 3.05. The number of carbonyl (C=O) groups excluding carboxylic acids is 1. The zero-order chi connectivity index (χ0) is 18.5. The summed E-state index contributed by atoms with van der Waals surface area (Å²) in [4.78, 5) is 26.1. The van der Waals surface area contributed by atoms with Crippen LogP contribution in [0.2, 0.25) is 0 Å². The predicted molar refractivity (Wildman–Crippen MR) is 106 cm³/mol. The van der Waals surface area contributed by atoms with Crippen LogP contribution in [0.5, 0.6) is 0 Å². The van der Waals surface area contributed by atoms with Crippen LogP contribution >= 0.6 is 11.8 Å². The first-order valence-electron chi connectivity index (χ1n) is 8.90. The highest BCUT2D eigenvalue weighted by atomic mass is 32.2. The summed E-state index contributed by atoms with van der Waals surface area (Å²) >= 11 is 1.77. The number of hydrogen-bond acceptors (Lipinski definition) is 6. The number of nitrogens with one attached hydrogen (secondary N) is 1. The Morgan fingerprint density at radius 2 is 2.22 bits per heavy atom. The van der Waals surface area contributed by atoms with Gasteiger partial charge in [-0.2, -0.15) is 0 Å². The van der Waals surface area contributed by atoms with E-state index in [9.17, 15) is 4.79 Å². The number of hydrogen-bond donors (Lipinski definition) is 1. The number of anilines is 1. The van der Waals surface area contributed by atoms with Crippen molar-refractivity contribution in [2.75, 3.05) is 24.3 Å². The fraction of sp³-hybridized carbons (Fsp3) is 0.300. The Morgan fingerprint density at radius 1 is 1.26 bits per heavy atom. The maximum absolute atomic E-state index is 12.3. The van der Waals surface area contributed by atoms with Gasteiger partial charge in [0.1, 0.15) is 5.82 Å². The molecule has 2 aromatic rings. The lowest BCUT2D eigenvalue weighted by molar-refractivity contribution is -0.115. The molecule has 0 fully saturated rings. The van der Waals surface area contributed by atoms with Gasteiger partial charge in [0, 0.05) is 35.8 Å². The van der Waals surface area contributed by atoms with Gasteiger partial charge in [0.25, 0.3) is 0 Å². The van der Waals surface area contributed by atoms with Crippen LogP contribution in [-0.2, 0) is 9.53 Å². The third kappa shape index (κ3) is 4.61. The molecule has 0 radical (unpaired) electrons. The monoisotopic (exact) mass is 380 g/mol. The molecular weight excluding hydrogens is 360 g/mol. The molecule has 1 unspecified atom stereocenters. The molecule has 2 aliphatic rings. The molecule has 6 nitrogen and oxygen atoms in total. The average molecular weight is 380 g/mol. The smallest absolute Gasteiger partial charge is 0.230 e. The maximum atomic E-state index is 12.3. The summed E-state index contributed by atoms with van der Waals surface area (Å²) in [6.45, 7) is 1.50. The lowest BCUT2D eigenvalue weighted by Crippen LogP contribution is -2.12. The van der Waals surface area contributed by atoms with Crippen molar-refractivity contribution < 1.29 is 9.53 Å². The van der Waals surface area contributed by atoms with Crippen LogP contribution in [0.15, 0.2) is 59.6 Å². The highest BCUT2D eigenvalue weighted by Crippen LogP contribution is 2.36. The number of amides is 1. The lowest BCUT2D eigenvalue weighted by atomic mass is 9.96. The molecule has 0 spiro atoms. The summed E-state index contributed by atoms with van der Waals surface area (Å²) in [6, 6.07) is 3.66. The number of carbonyl (C=O) groups is 1. The van der Waals surface area contributed by atoms with Crippen LogP contribution in [-0.4, -0.2) is 39.8 Å². The van der Waals surface area contributed by atoms with Crippen LogP contribution in [0.1, 0.15) is 12.8 Å². The van der Waals surface area contributed by atoms with Crippen molar-refractivity contribution in [1.82, 2.24) is 15.0 Å². The lowest BCUT2D eigenvalue weighted by Gasteiger charge is -2.17. The summed E-state index contributed by atoms with van der Waals surface area (Å²) in [5, 5.41) is 2.87. The van der Waals surface area contributed by atoms with E-state index < -0.39 is 0 Å². The number of ether oxygens (including phenoxy) is 1. The van der Waals surface area contributed by atoms with Crippen molar-refractivity contribution in [2.24, 2.45) is 5.92 Å². The van der Waals surface area contributed by atoms with Gasteiger partial charge in [0.05, 0.1) is 31.5 Å². The van der Waals surface area contributed by atoms with Crippen molar-refractivity contribution in [2.45, 2.75) is 12.8 Å². The van der Waals surface area contributed by atoms with Gasteiger partial charge >= 0.3 is 0 Å². The van der Waals surface area contributed by atoms with Crippen molar-refractivity contribution in [3.63, 3.8) is 0 Å². The van der Waals surface area contributed by atoms with Crippen LogP contribution in [0.3, 0.4) is 0 Å². The Hall–Kier alpha value is -2.51. The summed E-state index contributed by atoms with van der Waals surface area (Å²) < 4.78 is 5.37. The minimum absolute atomic E-state index is 0.0462. The van der Waals surface area contributed by atoms with E-state index in [1.807, 2.05) is 6.07 Å². The average Bonchev–Trinajstić information content (AvgIpc) is 3.18. The molecule has 1 N–H and O–H groups in total. The molecule has 0 saturated heterocycles. The molecule has 4 rings (SSSR count). The third-order valence-electron chi connectivity index (χ3n) is 4.53. The Bertz CT molecular complexity index is 865. The van der Waals surface area contributed by atoms with Gasteiger partial charge in [0.15, 0.2) is 0 Å². The molecule has 0 aliphatic carbocycles. The second kappa shape index (κ2) is 8.45. The Kier molecular flexibility index (Phi) is 5.60. The minimum atomic E-state index is -0.0462. The number of nitrogens with zero attached hydrogens (tertiary/aromatic N) is 3. The second-order valence-corrected chi connectivity index (χ2v) is 7.55. The standard InChI is InChI=1S/C20H20N4O2S/c25-20(10-17-9-16(13-27-17)14-3-7-26-8-4-14)24-19-2-1-15(11-23-19)18-12-21-5-6-22-18/h1-3,5-6,9,11-12,16H,4,7-8,10,13H2,(H,23,24,25). The molecule has 0 bridgehead atoms. The minimum Gasteiger partial charge on any atom is -0.377 e. The van der Waals surface area contributed by atoms with Gasteiger partial charge in [0.2, 0.25) is 5.91 Å². The number of thioether (sulfide) groups is 1. The van der Waals surface area contributed by atoms with E-state index >= 15 is 0 Å². The Morgan fingerprint density at radius 3 is 2.96 bits per heavy atom. The quantitative estimate of drug-likeness (QED) is 0.801. The molecule has 0 saturated carbocycles. The van der Waals surface area contributed by atoms with Crippen LogP contribution in [0.25, 0.3) is 11.3 Å². The van der Waals surface area contributed by atoms with E-state index in [4.69, 9.17) is 4.74 Å². The van der Waals surface area contributed by atoms with Crippen LogP contribution in [0, 0.1) is 5.92 Å². The van der Waals surface area contributed by atoms with Gasteiger partial charge < -0.3 is 10.1 Å². The van der Waals surface area contributed by atoms with Gasteiger partial charge in [-0.1, -0.05) is 17.7 Å². The van der Waals surface area contributed by atoms with E-state index in [0.29, 0.717) is 24.8 Å². The van der Waals surface area contributed by atoms with Gasteiger partial charge in [-0.05, 0) is 23.5 Å². The highest BCUT2D eigenvalue weighted by Gasteiger charge is 2.22. The van der Waals surface area contributed by atoms with E-state index in [-0.39, 0.29) is 5.91 Å². The van der Waals surface area contributed by atoms with E-state index in [0.717, 1.165) is 34.9 Å². The largest absolute Gasteiger partial charge is 0.377 e. The summed E-state index contributed by atoms with van der Waals surface area (Å²) in [7, 11) is 0. The summed E-state index contributed by atoms with van der Waals surface area (Å²) in [6.07, 6.45) is 12.4. The Balaban J connectivity index is 1.34. The first kappa shape index (κ1) is 17.9. The zero-order valence-electron chi connectivity index (χ0n) is 14.8. The molecule has 1 atom stereocenters. The normalized spacial score (nSPS) is 19.3. The maximum Gasteiger partial charge on any atom is 0.230 e. The fourth-order valence-electron chi connectivity index (χ4n) is 3.13. The number of pyridine rings is 1. The van der Waals surface area contributed by atoms with Gasteiger partial charge in [-0.25, -0.2) is 4.98 Å². The van der Waals surface area contributed by atoms with Crippen molar-refractivity contribution in [3.05, 3.63) is 59.6 Å². The van der Waals surface area contributed by atoms with Crippen molar-refractivity contribution >= 4 is 23.5 Å². The molecule has 7 heteroatoms. The van der Waals surface area contributed by atoms with Gasteiger partial charge in [-0.3, -0.25) is 14.8 Å².